The number of carbonyl (C=O) groups excluding carboxylic acids is 3. The number of imide groups is 1. The van der Waals surface area contributed by atoms with Crippen molar-refractivity contribution in [2.24, 2.45) is 0 Å². The molecule has 202 valence electrons. The van der Waals surface area contributed by atoms with Crippen LogP contribution in [0, 0.1) is 6.92 Å². The van der Waals surface area contributed by atoms with Crippen LogP contribution in [0.25, 0.3) is 0 Å². The second kappa shape index (κ2) is 12.0. The Bertz CT molecular complexity index is 1450. The quantitative estimate of drug-likeness (QED) is 0.300. The van der Waals surface area contributed by atoms with E-state index in [0.29, 0.717) is 22.7 Å². The van der Waals surface area contributed by atoms with Crippen molar-refractivity contribution >= 4 is 46.4 Å². The van der Waals surface area contributed by atoms with E-state index < -0.39 is 11.8 Å². The van der Waals surface area contributed by atoms with Gasteiger partial charge in [0.1, 0.15) is 22.2 Å². The molecule has 0 fully saturated rings. The van der Waals surface area contributed by atoms with Crippen LogP contribution in [-0.4, -0.2) is 31.9 Å². The molecule has 3 aromatic carbocycles. The number of nitrogens with one attached hydrogen (secondary N) is 2. The van der Waals surface area contributed by atoms with Gasteiger partial charge < -0.3 is 20.1 Å². The predicted octanol–water partition coefficient (Wildman–Crippen LogP) is 6.04. The monoisotopic (exact) mass is 547 g/mol. The lowest BCUT2D eigenvalue weighted by Crippen LogP contribution is -2.32. The first-order valence-corrected chi connectivity index (χ1v) is 12.9. The average Bonchev–Trinajstić information content (AvgIpc) is 3.15. The molecule has 0 aliphatic carbocycles. The van der Waals surface area contributed by atoms with Crippen LogP contribution in [0.5, 0.6) is 11.5 Å². The van der Waals surface area contributed by atoms with E-state index in [0.717, 1.165) is 29.7 Å². The van der Waals surface area contributed by atoms with Gasteiger partial charge in [0.05, 0.1) is 19.9 Å². The van der Waals surface area contributed by atoms with Gasteiger partial charge in [0.25, 0.3) is 17.7 Å². The first-order chi connectivity index (χ1) is 18.8. The topological polar surface area (TPSA) is 97.0 Å². The molecular weight excluding hydrogens is 518 g/mol. The minimum Gasteiger partial charge on any atom is -0.497 e. The number of amides is 3. The number of halogens is 1. The maximum atomic E-state index is 13.4. The highest BCUT2D eigenvalue weighted by molar-refractivity contribution is 6.53. The van der Waals surface area contributed by atoms with E-state index in [9.17, 15) is 14.4 Å². The Hall–Kier alpha value is -4.30. The highest BCUT2D eigenvalue weighted by Gasteiger charge is 2.40. The summed E-state index contributed by atoms with van der Waals surface area (Å²) in [5.74, 6) is -0.870. The third-order valence-corrected chi connectivity index (χ3v) is 6.80. The zero-order valence-electron chi connectivity index (χ0n) is 22.3. The molecule has 0 saturated heterocycles. The lowest BCUT2D eigenvalue weighted by Gasteiger charge is -2.19. The van der Waals surface area contributed by atoms with Gasteiger partial charge in [-0.15, -0.1) is 0 Å². The summed E-state index contributed by atoms with van der Waals surface area (Å²) in [6.07, 6.45) is 3.24. The van der Waals surface area contributed by atoms with E-state index >= 15 is 0 Å². The Morgan fingerprint density at radius 2 is 1.69 bits per heavy atom. The van der Waals surface area contributed by atoms with Crippen molar-refractivity contribution in [3.05, 3.63) is 88.1 Å². The molecule has 3 aromatic rings. The molecule has 8 nitrogen and oxygen atoms in total. The zero-order valence-corrected chi connectivity index (χ0v) is 23.0. The van der Waals surface area contributed by atoms with Gasteiger partial charge in [-0.05, 0) is 67.3 Å². The number of methoxy groups -OCH3 is 2. The van der Waals surface area contributed by atoms with Gasteiger partial charge in [-0.3, -0.25) is 14.4 Å². The van der Waals surface area contributed by atoms with E-state index in [2.05, 4.69) is 17.6 Å². The summed E-state index contributed by atoms with van der Waals surface area (Å²) in [5, 5.41) is 5.61. The summed E-state index contributed by atoms with van der Waals surface area (Å²) < 4.78 is 10.6. The molecule has 0 atom stereocenters. The molecule has 1 aliphatic rings. The molecule has 0 spiro atoms. The highest BCUT2D eigenvalue weighted by atomic mass is 35.5. The van der Waals surface area contributed by atoms with Crippen LogP contribution in [0.15, 0.2) is 71.4 Å². The molecule has 9 heteroatoms. The number of ether oxygens (including phenoxy) is 2. The summed E-state index contributed by atoms with van der Waals surface area (Å²) in [6, 6.07) is 17.6. The third kappa shape index (κ3) is 5.91. The molecule has 0 radical (unpaired) electrons. The van der Waals surface area contributed by atoms with E-state index in [1.54, 1.807) is 36.4 Å². The molecule has 4 rings (SSSR count). The van der Waals surface area contributed by atoms with E-state index in [4.69, 9.17) is 21.1 Å². The minimum absolute atomic E-state index is 0.0946. The lowest BCUT2D eigenvalue weighted by atomic mass is 10.1. The Morgan fingerprint density at radius 1 is 0.949 bits per heavy atom. The summed E-state index contributed by atoms with van der Waals surface area (Å²) in [4.78, 5) is 40.3. The second-order valence-electron chi connectivity index (χ2n) is 9.08. The van der Waals surface area contributed by atoms with E-state index in [1.165, 1.54) is 19.8 Å². The van der Waals surface area contributed by atoms with E-state index in [1.807, 2.05) is 31.2 Å². The molecule has 2 N–H and O–H groups in total. The number of benzene rings is 3. The van der Waals surface area contributed by atoms with Crippen molar-refractivity contribution in [1.82, 2.24) is 0 Å². The zero-order chi connectivity index (χ0) is 28.1. The number of rotatable bonds is 10. The van der Waals surface area contributed by atoms with Crippen LogP contribution >= 0.6 is 11.6 Å². The smallest absolute Gasteiger partial charge is 0.283 e. The summed E-state index contributed by atoms with van der Waals surface area (Å²) >= 11 is 6.34. The molecule has 3 amide bonds. The highest BCUT2D eigenvalue weighted by Crippen LogP contribution is 2.38. The minimum atomic E-state index is -0.693. The molecule has 0 unspecified atom stereocenters. The summed E-state index contributed by atoms with van der Waals surface area (Å²) in [7, 11) is 2.93. The van der Waals surface area contributed by atoms with Crippen molar-refractivity contribution in [3.63, 3.8) is 0 Å². The van der Waals surface area contributed by atoms with Gasteiger partial charge >= 0.3 is 0 Å². The van der Waals surface area contributed by atoms with Crippen molar-refractivity contribution in [2.45, 2.75) is 33.1 Å². The van der Waals surface area contributed by atoms with Crippen molar-refractivity contribution < 1.29 is 23.9 Å². The Labute approximate surface area is 232 Å². The first kappa shape index (κ1) is 27.7. The fourth-order valence-electron chi connectivity index (χ4n) is 4.17. The normalized spacial score (nSPS) is 13.1. The van der Waals surface area contributed by atoms with Gasteiger partial charge in [0.2, 0.25) is 0 Å². The number of hydrogen-bond acceptors (Lipinski definition) is 6. The molecular formula is C30H30ClN3O5. The van der Waals surface area contributed by atoms with Crippen molar-refractivity contribution in [1.29, 1.82) is 0 Å². The number of unbranched alkanes of at least 4 members (excludes halogenated alkanes) is 1. The molecule has 1 aliphatic heterocycles. The van der Waals surface area contributed by atoms with Crippen LogP contribution in [0.4, 0.5) is 17.1 Å². The molecule has 0 bridgehead atoms. The number of hydrogen-bond donors (Lipinski definition) is 2. The van der Waals surface area contributed by atoms with Crippen LogP contribution in [0.1, 0.15) is 41.3 Å². The number of nitrogens with zero attached hydrogens (tertiary/aromatic N) is 1. The van der Waals surface area contributed by atoms with Crippen LogP contribution in [0.2, 0.25) is 0 Å². The van der Waals surface area contributed by atoms with Gasteiger partial charge in [-0.25, -0.2) is 4.90 Å². The maximum absolute atomic E-state index is 13.4. The standard InChI is InChI=1S/C30H30ClN3O5/c1-5-6-7-19-9-12-21(13-10-19)32-28(35)20-11-8-18(2)23(16-20)33-27-26(31)29(36)34(30(27)37)24-15-14-22(38-3)17-25(24)39-4/h8-17,33H,5-7H2,1-4H3,(H,32,35). The van der Waals surface area contributed by atoms with Crippen LogP contribution < -0.4 is 25.0 Å². The molecule has 0 saturated carbocycles. The predicted molar refractivity (Wildman–Crippen MR) is 153 cm³/mol. The van der Waals surface area contributed by atoms with Gasteiger partial charge in [0.15, 0.2) is 0 Å². The van der Waals surface area contributed by atoms with E-state index in [-0.39, 0.29) is 28.1 Å². The lowest BCUT2D eigenvalue weighted by molar-refractivity contribution is -0.120. The fourth-order valence-corrected chi connectivity index (χ4v) is 4.38. The Morgan fingerprint density at radius 3 is 2.36 bits per heavy atom. The number of anilines is 3. The van der Waals surface area contributed by atoms with Gasteiger partial charge in [0, 0.05) is 23.0 Å². The Kier molecular flexibility index (Phi) is 8.56. The van der Waals surface area contributed by atoms with Gasteiger partial charge in [-0.2, -0.15) is 0 Å². The molecule has 1 heterocycles. The number of carbonyl (C=O) groups is 3. The summed E-state index contributed by atoms with van der Waals surface area (Å²) in [6.45, 7) is 3.97. The first-order valence-electron chi connectivity index (χ1n) is 12.6. The Balaban J connectivity index is 1.54. The maximum Gasteiger partial charge on any atom is 0.283 e. The largest absolute Gasteiger partial charge is 0.497 e. The van der Waals surface area contributed by atoms with Crippen LogP contribution in [-0.2, 0) is 16.0 Å². The van der Waals surface area contributed by atoms with Crippen LogP contribution in [0.3, 0.4) is 0 Å². The fraction of sp³-hybridized carbons (Fsp3) is 0.233. The number of aryl methyl sites for hydroxylation is 2. The molecule has 0 aromatic heterocycles. The SMILES string of the molecule is CCCCc1ccc(NC(=O)c2ccc(C)c(NC3=C(Cl)C(=O)N(c4ccc(OC)cc4OC)C3=O)c2)cc1. The average molecular weight is 548 g/mol. The van der Waals surface area contributed by atoms with Crippen molar-refractivity contribution in [3.8, 4) is 11.5 Å². The van der Waals surface area contributed by atoms with Gasteiger partial charge in [-0.1, -0.05) is 43.1 Å². The van der Waals surface area contributed by atoms with Crippen molar-refractivity contribution in [2.75, 3.05) is 29.8 Å². The second-order valence-corrected chi connectivity index (χ2v) is 9.46. The third-order valence-electron chi connectivity index (χ3n) is 6.45. The molecule has 39 heavy (non-hydrogen) atoms. The summed E-state index contributed by atoms with van der Waals surface area (Å²) in [5.41, 5.74) is 3.64.